The Morgan fingerprint density at radius 2 is 1.73 bits per heavy atom. The van der Waals surface area contributed by atoms with Gasteiger partial charge in [-0.25, -0.2) is 4.98 Å². The van der Waals surface area contributed by atoms with E-state index in [0.717, 1.165) is 40.5 Å². The van der Waals surface area contributed by atoms with Gasteiger partial charge < -0.3 is 20.2 Å². The molecule has 1 aromatic heterocycles. The van der Waals surface area contributed by atoms with Gasteiger partial charge in [-0.05, 0) is 43.1 Å². The summed E-state index contributed by atoms with van der Waals surface area (Å²) >= 11 is 1.43. The summed E-state index contributed by atoms with van der Waals surface area (Å²) in [6.07, 6.45) is 0.613. The SMILES string of the molecule is CN1CCN(C(=O)c2cccc(-c3csc(CNC(=O)C4(CC(=O)O)Cc5ccccc5C4)n3)c2)CC1. The van der Waals surface area contributed by atoms with Crippen molar-refractivity contribution in [3.63, 3.8) is 0 Å². The van der Waals surface area contributed by atoms with Crippen LogP contribution in [0.25, 0.3) is 11.3 Å². The van der Waals surface area contributed by atoms with Crippen LogP contribution >= 0.6 is 11.3 Å². The van der Waals surface area contributed by atoms with Gasteiger partial charge in [-0.2, -0.15) is 0 Å². The van der Waals surface area contributed by atoms with E-state index >= 15 is 0 Å². The number of amides is 2. The van der Waals surface area contributed by atoms with Crippen LogP contribution in [0.5, 0.6) is 0 Å². The van der Waals surface area contributed by atoms with Gasteiger partial charge in [-0.1, -0.05) is 36.4 Å². The second-order valence-corrected chi connectivity index (χ2v) is 10.9. The van der Waals surface area contributed by atoms with Crippen molar-refractivity contribution in [2.24, 2.45) is 5.41 Å². The molecule has 5 rings (SSSR count). The highest BCUT2D eigenvalue weighted by Gasteiger charge is 2.45. The van der Waals surface area contributed by atoms with Crippen molar-refractivity contribution in [2.45, 2.75) is 25.8 Å². The maximum absolute atomic E-state index is 13.3. The summed E-state index contributed by atoms with van der Waals surface area (Å²) in [5.74, 6) is -1.22. The first-order valence-electron chi connectivity index (χ1n) is 12.4. The summed E-state index contributed by atoms with van der Waals surface area (Å²) in [5, 5.41) is 15.1. The molecule has 192 valence electrons. The topological polar surface area (TPSA) is 103 Å². The molecule has 37 heavy (non-hydrogen) atoms. The summed E-state index contributed by atoms with van der Waals surface area (Å²) in [5.41, 5.74) is 3.30. The first kappa shape index (κ1) is 25.1. The second-order valence-electron chi connectivity index (χ2n) is 9.96. The van der Waals surface area contributed by atoms with E-state index < -0.39 is 11.4 Å². The van der Waals surface area contributed by atoms with E-state index in [1.54, 1.807) is 0 Å². The Kier molecular flexibility index (Phi) is 7.08. The molecule has 3 aromatic rings. The summed E-state index contributed by atoms with van der Waals surface area (Å²) < 4.78 is 0. The number of rotatable bonds is 7. The predicted molar refractivity (Wildman–Crippen MR) is 141 cm³/mol. The number of carbonyl (C=O) groups is 3. The Balaban J connectivity index is 1.25. The Labute approximate surface area is 219 Å². The normalized spacial score (nSPS) is 16.8. The zero-order chi connectivity index (χ0) is 26.0. The number of nitrogens with zero attached hydrogens (tertiary/aromatic N) is 3. The lowest BCUT2D eigenvalue weighted by Gasteiger charge is -2.32. The molecular formula is C28H30N4O4S. The molecule has 0 atom stereocenters. The van der Waals surface area contributed by atoms with Crippen molar-refractivity contribution < 1.29 is 19.5 Å². The molecule has 1 aliphatic heterocycles. The fraction of sp³-hybridized carbons (Fsp3) is 0.357. The van der Waals surface area contributed by atoms with Gasteiger partial charge in [-0.3, -0.25) is 14.4 Å². The number of carboxylic acids is 1. The molecule has 9 heteroatoms. The Bertz CT molecular complexity index is 1300. The highest BCUT2D eigenvalue weighted by Crippen LogP contribution is 2.40. The number of hydrogen-bond acceptors (Lipinski definition) is 6. The quantitative estimate of drug-likeness (QED) is 0.498. The van der Waals surface area contributed by atoms with E-state index in [2.05, 4.69) is 22.2 Å². The molecule has 2 aromatic carbocycles. The number of fused-ring (bicyclic) bond motifs is 1. The average molecular weight is 519 g/mol. The number of carbonyl (C=O) groups excluding carboxylic acids is 2. The van der Waals surface area contributed by atoms with Crippen LogP contribution in [0.1, 0.15) is 32.9 Å². The molecule has 0 spiro atoms. The van der Waals surface area contributed by atoms with Crippen LogP contribution in [-0.4, -0.2) is 70.9 Å². The van der Waals surface area contributed by atoms with Gasteiger partial charge in [0.1, 0.15) is 5.01 Å². The summed E-state index contributed by atoms with van der Waals surface area (Å²) in [6, 6.07) is 15.2. The van der Waals surface area contributed by atoms with Crippen LogP contribution in [-0.2, 0) is 29.0 Å². The molecule has 8 nitrogen and oxygen atoms in total. The van der Waals surface area contributed by atoms with Crippen LogP contribution < -0.4 is 5.32 Å². The lowest BCUT2D eigenvalue weighted by atomic mass is 9.80. The van der Waals surface area contributed by atoms with Crippen LogP contribution in [0, 0.1) is 5.41 Å². The molecule has 0 bridgehead atoms. The van der Waals surface area contributed by atoms with Crippen LogP contribution in [0.4, 0.5) is 0 Å². The second kappa shape index (κ2) is 10.4. The van der Waals surface area contributed by atoms with Crippen LogP contribution in [0.3, 0.4) is 0 Å². The minimum atomic E-state index is -0.992. The van der Waals surface area contributed by atoms with Crippen molar-refractivity contribution in [1.82, 2.24) is 20.1 Å². The van der Waals surface area contributed by atoms with Gasteiger partial charge in [-0.15, -0.1) is 11.3 Å². The maximum Gasteiger partial charge on any atom is 0.304 e. The third-order valence-electron chi connectivity index (χ3n) is 7.30. The molecule has 0 radical (unpaired) electrons. The predicted octanol–water partition coefficient (Wildman–Crippen LogP) is 3.07. The number of hydrogen-bond donors (Lipinski definition) is 2. The lowest BCUT2D eigenvalue weighted by Crippen LogP contribution is -2.47. The van der Waals surface area contributed by atoms with Crippen molar-refractivity contribution in [2.75, 3.05) is 33.2 Å². The number of carboxylic acid groups (broad SMARTS) is 1. The lowest BCUT2D eigenvalue weighted by molar-refractivity contribution is -0.145. The molecule has 2 amide bonds. The molecule has 1 fully saturated rings. The summed E-state index contributed by atoms with van der Waals surface area (Å²) in [7, 11) is 2.06. The van der Waals surface area contributed by atoms with Crippen molar-refractivity contribution in [1.29, 1.82) is 0 Å². The Hall–Kier alpha value is -3.56. The molecular weight excluding hydrogens is 488 g/mol. The van der Waals surface area contributed by atoms with E-state index in [1.807, 2.05) is 58.8 Å². The van der Waals surface area contributed by atoms with Crippen molar-refractivity contribution in [3.05, 3.63) is 75.6 Å². The number of nitrogens with one attached hydrogen (secondary N) is 1. The number of aliphatic carboxylic acids is 1. The molecule has 0 unspecified atom stereocenters. The minimum absolute atomic E-state index is 0.0268. The molecule has 1 saturated heterocycles. The number of likely N-dealkylation sites (N-methyl/N-ethyl adjacent to an activating group) is 1. The Morgan fingerprint density at radius 1 is 1.03 bits per heavy atom. The zero-order valence-corrected chi connectivity index (χ0v) is 21.6. The van der Waals surface area contributed by atoms with E-state index in [0.29, 0.717) is 31.5 Å². The molecule has 0 saturated carbocycles. The van der Waals surface area contributed by atoms with Gasteiger partial charge in [0.2, 0.25) is 5.91 Å². The standard InChI is InChI=1S/C28H30N4O4S/c1-31-9-11-32(12-10-31)26(35)20-8-4-7-19(13-20)23-18-37-24(30-23)17-29-27(36)28(16-25(33)34)14-21-5-2-3-6-22(21)15-28/h2-8,13,18H,9-12,14-17H2,1H3,(H,29,36)(H,33,34). The van der Waals surface area contributed by atoms with Gasteiger partial charge in [0, 0.05) is 42.7 Å². The fourth-order valence-corrected chi connectivity index (χ4v) is 5.96. The van der Waals surface area contributed by atoms with E-state index in [1.165, 1.54) is 11.3 Å². The summed E-state index contributed by atoms with van der Waals surface area (Å²) in [4.78, 5) is 46.7. The monoisotopic (exact) mass is 518 g/mol. The number of benzene rings is 2. The highest BCUT2D eigenvalue weighted by atomic mass is 32.1. The highest BCUT2D eigenvalue weighted by molar-refractivity contribution is 7.09. The number of piperazine rings is 1. The van der Waals surface area contributed by atoms with E-state index in [9.17, 15) is 19.5 Å². The first-order chi connectivity index (χ1) is 17.8. The fourth-order valence-electron chi connectivity index (χ4n) is 5.22. The molecule has 2 aliphatic rings. The first-order valence-corrected chi connectivity index (χ1v) is 13.3. The van der Waals surface area contributed by atoms with E-state index in [-0.39, 0.29) is 24.8 Å². The third-order valence-corrected chi connectivity index (χ3v) is 8.14. The van der Waals surface area contributed by atoms with Crippen molar-refractivity contribution in [3.8, 4) is 11.3 Å². The van der Waals surface area contributed by atoms with Gasteiger partial charge in [0.25, 0.3) is 5.91 Å². The number of aromatic nitrogens is 1. The molecule has 2 N–H and O–H groups in total. The van der Waals surface area contributed by atoms with Gasteiger partial charge in [0.15, 0.2) is 0 Å². The van der Waals surface area contributed by atoms with Crippen molar-refractivity contribution >= 4 is 29.1 Å². The van der Waals surface area contributed by atoms with Gasteiger partial charge >= 0.3 is 5.97 Å². The maximum atomic E-state index is 13.3. The third kappa shape index (κ3) is 5.42. The number of thiazole rings is 1. The van der Waals surface area contributed by atoms with Gasteiger partial charge in [0.05, 0.1) is 24.1 Å². The van der Waals surface area contributed by atoms with Crippen LogP contribution in [0.2, 0.25) is 0 Å². The summed E-state index contributed by atoms with van der Waals surface area (Å²) in [6.45, 7) is 3.39. The minimum Gasteiger partial charge on any atom is -0.481 e. The molecule has 2 heterocycles. The zero-order valence-electron chi connectivity index (χ0n) is 20.8. The Morgan fingerprint density at radius 3 is 2.41 bits per heavy atom. The van der Waals surface area contributed by atoms with E-state index in [4.69, 9.17) is 0 Å². The van der Waals surface area contributed by atoms with Crippen LogP contribution in [0.15, 0.2) is 53.9 Å². The smallest absolute Gasteiger partial charge is 0.304 e. The molecule has 1 aliphatic carbocycles. The largest absolute Gasteiger partial charge is 0.481 e. The average Bonchev–Trinajstić information content (AvgIpc) is 3.52.